The van der Waals surface area contributed by atoms with Crippen molar-refractivity contribution in [2.45, 2.75) is 50.1 Å². The zero-order chi connectivity index (χ0) is 18.0. The summed E-state index contributed by atoms with van der Waals surface area (Å²) in [6, 6.07) is 18.1. The second-order valence-electron chi connectivity index (χ2n) is 9.02. The summed E-state index contributed by atoms with van der Waals surface area (Å²) in [5, 5.41) is 7.00. The van der Waals surface area contributed by atoms with E-state index in [0.29, 0.717) is 23.9 Å². The molecule has 2 N–H and O–H groups in total. The van der Waals surface area contributed by atoms with E-state index in [0.717, 1.165) is 30.2 Å². The summed E-state index contributed by atoms with van der Waals surface area (Å²) in [4.78, 5) is 12.6. The van der Waals surface area contributed by atoms with Crippen molar-refractivity contribution in [1.82, 2.24) is 5.32 Å². The fourth-order valence-electron chi connectivity index (χ4n) is 6.11. The highest BCUT2D eigenvalue weighted by molar-refractivity contribution is 5.95. The fraction of sp³-hybridized carbons (Fsp3) is 0.458. The Bertz CT molecular complexity index is 889. The van der Waals surface area contributed by atoms with Gasteiger partial charge in [0.05, 0.1) is 6.04 Å². The first-order valence-electron chi connectivity index (χ1n) is 10.5. The molecule has 0 unspecified atom stereocenters. The SMILES string of the molecule is O=C(NC1CC1)c1ccc2c(c1)[C@H]1[C@H]3CC[C@H](C3)[C@H]1[C@H](c1ccccc1)N2. The second-order valence-corrected chi connectivity index (χ2v) is 9.02. The lowest BCUT2D eigenvalue weighted by atomic mass is 9.68. The normalized spacial score (nSPS) is 33.1. The Balaban J connectivity index is 1.40. The highest BCUT2D eigenvalue weighted by Crippen LogP contribution is 2.63. The molecule has 3 aliphatic carbocycles. The summed E-state index contributed by atoms with van der Waals surface area (Å²) >= 11 is 0. The average molecular weight is 358 g/mol. The molecule has 0 saturated heterocycles. The molecule has 3 fully saturated rings. The van der Waals surface area contributed by atoms with Gasteiger partial charge < -0.3 is 10.6 Å². The molecule has 3 saturated carbocycles. The Kier molecular flexibility index (Phi) is 3.41. The van der Waals surface area contributed by atoms with Crippen LogP contribution in [0.4, 0.5) is 5.69 Å². The summed E-state index contributed by atoms with van der Waals surface area (Å²) in [5.41, 5.74) is 4.87. The summed E-state index contributed by atoms with van der Waals surface area (Å²) in [7, 11) is 0. The lowest BCUT2D eigenvalue weighted by molar-refractivity contribution is 0.0951. The maximum absolute atomic E-state index is 12.6. The largest absolute Gasteiger partial charge is 0.378 e. The quantitative estimate of drug-likeness (QED) is 0.821. The molecule has 2 bridgehead atoms. The monoisotopic (exact) mass is 358 g/mol. The van der Waals surface area contributed by atoms with Crippen LogP contribution >= 0.6 is 0 Å². The second kappa shape index (κ2) is 5.85. The van der Waals surface area contributed by atoms with Crippen LogP contribution in [0.25, 0.3) is 0 Å². The first-order valence-corrected chi connectivity index (χ1v) is 10.5. The van der Waals surface area contributed by atoms with Gasteiger partial charge in [-0.05, 0) is 85.1 Å². The van der Waals surface area contributed by atoms with Gasteiger partial charge in [0.1, 0.15) is 0 Å². The molecule has 4 aliphatic rings. The first kappa shape index (κ1) is 15.7. The topological polar surface area (TPSA) is 41.1 Å². The van der Waals surface area contributed by atoms with E-state index < -0.39 is 0 Å². The average Bonchev–Trinajstić information content (AvgIpc) is 3.28. The Hall–Kier alpha value is -2.29. The fourth-order valence-corrected chi connectivity index (χ4v) is 6.11. The van der Waals surface area contributed by atoms with Crippen molar-refractivity contribution >= 4 is 11.6 Å². The molecule has 2 aromatic rings. The number of nitrogens with one attached hydrogen (secondary N) is 2. The Labute approximate surface area is 160 Å². The van der Waals surface area contributed by atoms with Crippen molar-refractivity contribution < 1.29 is 4.79 Å². The number of carbonyl (C=O) groups is 1. The van der Waals surface area contributed by atoms with Crippen LogP contribution in [0.1, 0.15) is 65.5 Å². The lowest BCUT2D eigenvalue weighted by Gasteiger charge is -2.43. The Morgan fingerprint density at radius 2 is 1.78 bits per heavy atom. The number of amides is 1. The van der Waals surface area contributed by atoms with Crippen LogP contribution in [0.5, 0.6) is 0 Å². The van der Waals surface area contributed by atoms with Crippen LogP contribution in [0.3, 0.4) is 0 Å². The summed E-state index contributed by atoms with van der Waals surface area (Å²) in [6.45, 7) is 0. The van der Waals surface area contributed by atoms with E-state index in [2.05, 4.69) is 53.1 Å². The van der Waals surface area contributed by atoms with E-state index in [1.807, 2.05) is 6.07 Å². The molecule has 0 radical (unpaired) electrons. The third-order valence-electron chi connectivity index (χ3n) is 7.42. The number of rotatable bonds is 3. The van der Waals surface area contributed by atoms with Crippen LogP contribution in [-0.2, 0) is 0 Å². The van der Waals surface area contributed by atoms with E-state index >= 15 is 0 Å². The maximum atomic E-state index is 12.6. The number of hydrogen-bond donors (Lipinski definition) is 2. The number of benzene rings is 2. The van der Waals surface area contributed by atoms with Crippen molar-refractivity contribution in [3.05, 3.63) is 65.2 Å². The van der Waals surface area contributed by atoms with Gasteiger partial charge in [-0.15, -0.1) is 0 Å². The van der Waals surface area contributed by atoms with Gasteiger partial charge in [0.2, 0.25) is 0 Å². The molecular weight excluding hydrogens is 332 g/mol. The molecule has 6 rings (SSSR count). The minimum atomic E-state index is 0.102. The van der Waals surface area contributed by atoms with Gasteiger partial charge in [0.15, 0.2) is 0 Å². The summed E-state index contributed by atoms with van der Waals surface area (Å²) in [6.07, 6.45) is 6.34. The lowest BCUT2D eigenvalue weighted by Crippen LogP contribution is -2.35. The zero-order valence-electron chi connectivity index (χ0n) is 15.5. The molecule has 138 valence electrons. The third kappa shape index (κ3) is 2.51. The van der Waals surface area contributed by atoms with Crippen LogP contribution < -0.4 is 10.6 Å². The predicted molar refractivity (Wildman–Crippen MR) is 107 cm³/mol. The Morgan fingerprint density at radius 3 is 2.59 bits per heavy atom. The number of carbonyl (C=O) groups excluding carboxylic acids is 1. The highest BCUT2D eigenvalue weighted by atomic mass is 16.1. The van der Waals surface area contributed by atoms with Crippen molar-refractivity contribution in [2.75, 3.05) is 5.32 Å². The number of hydrogen-bond acceptors (Lipinski definition) is 2. The van der Waals surface area contributed by atoms with Crippen molar-refractivity contribution in [3.63, 3.8) is 0 Å². The smallest absolute Gasteiger partial charge is 0.251 e. The van der Waals surface area contributed by atoms with Crippen LogP contribution in [0.15, 0.2) is 48.5 Å². The molecule has 2 aromatic carbocycles. The van der Waals surface area contributed by atoms with Crippen molar-refractivity contribution in [2.24, 2.45) is 17.8 Å². The maximum Gasteiger partial charge on any atom is 0.251 e. The molecule has 1 aliphatic heterocycles. The van der Waals surface area contributed by atoms with Crippen molar-refractivity contribution in [3.8, 4) is 0 Å². The van der Waals surface area contributed by atoms with Gasteiger partial charge in [-0.1, -0.05) is 30.3 Å². The van der Waals surface area contributed by atoms with Crippen LogP contribution in [0, 0.1) is 17.8 Å². The molecule has 3 nitrogen and oxygen atoms in total. The highest BCUT2D eigenvalue weighted by Gasteiger charge is 2.53. The number of fused-ring (bicyclic) bond motifs is 7. The van der Waals surface area contributed by atoms with Gasteiger partial charge >= 0.3 is 0 Å². The van der Waals surface area contributed by atoms with E-state index in [1.54, 1.807) is 0 Å². The van der Waals surface area contributed by atoms with Gasteiger partial charge in [0, 0.05) is 17.3 Å². The predicted octanol–water partition coefficient (Wildman–Crippen LogP) is 4.88. The molecule has 0 aromatic heterocycles. The van der Waals surface area contributed by atoms with Gasteiger partial charge in [-0.25, -0.2) is 0 Å². The summed E-state index contributed by atoms with van der Waals surface area (Å²) < 4.78 is 0. The van der Waals surface area contributed by atoms with Gasteiger partial charge in [0.25, 0.3) is 5.91 Å². The minimum absolute atomic E-state index is 0.102. The molecule has 5 atom stereocenters. The molecular formula is C24H26N2O. The zero-order valence-corrected chi connectivity index (χ0v) is 15.5. The van der Waals surface area contributed by atoms with Crippen molar-refractivity contribution in [1.29, 1.82) is 0 Å². The molecule has 0 spiro atoms. The minimum Gasteiger partial charge on any atom is -0.378 e. The first-order chi connectivity index (χ1) is 13.3. The molecule has 3 heteroatoms. The third-order valence-corrected chi connectivity index (χ3v) is 7.42. The van der Waals surface area contributed by atoms with Gasteiger partial charge in [-0.3, -0.25) is 4.79 Å². The van der Waals surface area contributed by atoms with Crippen LogP contribution in [0.2, 0.25) is 0 Å². The number of anilines is 1. The molecule has 27 heavy (non-hydrogen) atoms. The van der Waals surface area contributed by atoms with E-state index in [-0.39, 0.29) is 5.91 Å². The van der Waals surface area contributed by atoms with E-state index in [4.69, 9.17) is 0 Å². The van der Waals surface area contributed by atoms with Crippen LogP contribution in [-0.4, -0.2) is 11.9 Å². The Morgan fingerprint density at radius 1 is 0.963 bits per heavy atom. The van der Waals surface area contributed by atoms with E-state index in [1.165, 1.54) is 36.1 Å². The molecule has 1 heterocycles. The summed E-state index contributed by atoms with van der Waals surface area (Å²) in [5.74, 6) is 2.95. The van der Waals surface area contributed by atoms with E-state index in [9.17, 15) is 4.79 Å². The van der Waals surface area contributed by atoms with Gasteiger partial charge in [-0.2, -0.15) is 0 Å². The molecule has 1 amide bonds. The standard InChI is InChI=1S/C24H26N2O/c27-24(25-18-9-10-18)17-8-11-20-19(13-17)21-15-6-7-16(12-15)22(21)23(26-20)14-4-2-1-3-5-14/h1-5,8,11,13,15-16,18,21-23,26H,6-7,9-10,12H2,(H,25,27)/t15-,16+,21+,22+,23-/m0/s1.